The van der Waals surface area contributed by atoms with E-state index in [2.05, 4.69) is 0 Å². The van der Waals surface area contributed by atoms with Gasteiger partial charge in [0.1, 0.15) is 5.75 Å². The molecule has 0 saturated carbocycles. The quantitative estimate of drug-likeness (QED) is 0.768. The standard InChI is InChI=1S/C12H10O4/c13-11(14)12(15)16-10-7-3-5-8-4-1-2-6-9(8)10/h1-7,12,15H,(H,13,14). The smallest absolute Gasteiger partial charge is 0.373 e. The van der Waals surface area contributed by atoms with Gasteiger partial charge in [-0.3, -0.25) is 0 Å². The van der Waals surface area contributed by atoms with Gasteiger partial charge in [0.2, 0.25) is 0 Å². The minimum atomic E-state index is -1.84. The maximum atomic E-state index is 10.5. The summed E-state index contributed by atoms with van der Waals surface area (Å²) in [4.78, 5) is 10.5. The van der Waals surface area contributed by atoms with Crippen LogP contribution in [0, 0.1) is 0 Å². The van der Waals surface area contributed by atoms with Crippen LogP contribution >= 0.6 is 0 Å². The summed E-state index contributed by atoms with van der Waals surface area (Å²) in [5.74, 6) is -1.05. The topological polar surface area (TPSA) is 66.8 Å². The maximum absolute atomic E-state index is 10.5. The zero-order valence-electron chi connectivity index (χ0n) is 8.33. The first-order chi connectivity index (χ1) is 7.68. The molecule has 0 spiro atoms. The van der Waals surface area contributed by atoms with Crippen LogP contribution < -0.4 is 4.74 Å². The highest BCUT2D eigenvalue weighted by Crippen LogP contribution is 2.25. The predicted molar refractivity (Wildman–Crippen MR) is 58.2 cm³/mol. The van der Waals surface area contributed by atoms with Gasteiger partial charge in [0, 0.05) is 5.39 Å². The summed E-state index contributed by atoms with van der Waals surface area (Å²) in [7, 11) is 0. The van der Waals surface area contributed by atoms with Gasteiger partial charge in [-0.2, -0.15) is 0 Å². The molecule has 0 aromatic heterocycles. The molecule has 4 heteroatoms. The number of aliphatic carboxylic acids is 1. The molecular formula is C12H10O4. The van der Waals surface area contributed by atoms with Crippen LogP contribution in [0.25, 0.3) is 10.8 Å². The third-order valence-electron chi connectivity index (χ3n) is 2.20. The summed E-state index contributed by atoms with van der Waals surface area (Å²) in [6, 6.07) is 12.6. The van der Waals surface area contributed by atoms with E-state index in [0.717, 1.165) is 10.8 Å². The number of aliphatic hydroxyl groups excluding tert-OH is 1. The minimum absolute atomic E-state index is 0.355. The molecule has 0 saturated heterocycles. The molecule has 0 bridgehead atoms. The third kappa shape index (κ3) is 1.97. The van der Waals surface area contributed by atoms with Gasteiger partial charge in [-0.1, -0.05) is 36.4 Å². The molecule has 0 fully saturated rings. The second-order valence-electron chi connectivity index (χ2n) is 3.29. The van der Waals surface area contributed by atoms with Crippen molar-refractivity contribution < 1.29 is 19.7 Å². The summed E-state index contributed by atoms with van der Waals surface area (Å²) >= 11 is 0. The highest BCUT2D eigenvalue weighted by molar-refractivity contribution is 5.88. The number of carbonyl (C=O) groups is 1. The van der Waals surface area contributed by atoms with Crippen molar-refractivity contribution in [2.45, 2.75) is 6.29 Å². The summed E-state index contributed by atoms with van der Waals surface area (Å²) in [6.07, 6.45) is -1.84. The number of fused-ring (bicyclic) bond motifs is 1. The first kappa shape index (κ1) is 10.4. The largest absolute Gasteiger partial charge is 0.477 e. The molecule has 2 rings (SSSR count). The molecule has 1 atom stereocenters. The Labute approximate surface area is 91.7 Å². The van der Waals surface area contributed by atoms with Crippen molar-refractivity contribution in [3.63, 3.8) is 0 Å². The first-order valence-corrected chi connectivity index (χ1v) is 4.74. The normalized spacial score (nSPS) is 12.3. The Kier molecular flexibility index (Phi) is 2.74. The van der Waals surface area contributed by atoms with E-state index in [0.29, 0.717) is 5.75 Å². The van der Waals surface area contributed by atoms with Crippen molar-refractivity contribution in [2.24, 2.45) is 0 Å². The Balaban J connectivity index is 2.41. The number of rotatable bonds is 3. The summed E-state index contributed by atoms with van der Waals surface area (Å²) < 4.78 is 4.95. The zero-order chi connectivity index (χ0) is 11.5. The lowest BCUT2D eigenvalue weighted by Gasteiger charge is -2.11. The molecular weight excluding hydrogens is 208 g/mol. The molecule has 0 aliphatic heterocycles. The van der Waals surface area contributed by atoms with Crippen LogP contribution in [0.2, 0.25) is 0 Å². The van der Waals surface area contributed by atoms with Crippen molar-refractivity contribution in [2.75, 3.05) is 0 Å². The fraction of sp³-hybridized carbons (Fsp3) is 0.0833. The highest BCUT2D eigenvalue weighted by atomic mass is 16.6. The van der Waals surface area contributed by atoms with E-state index in [1.165, 1.54) is 0 Å². The van der Waals surface area contributed by atoms with Gasteiger partial charge in [0.15, 0.2) is 0 Å². The van der Waals surface area contributed by atoms with Crippen LogP contribution in [-0.4, -0.2) is 22.5 Å². The fourth-order valence-corrected chi connectivity index (χ4v) is 1.47. The van der Waals surface area contributed by atoms with E-state index in [1.807, 2.05) is 24.3 Å². The molecule has 0 amide bonds. The molecule has 82 valence electrons. The average molecular weight is 218 g/mol. The number of carboxylic acid groups (broad SMARTS) is 1. The molecule has 0 heterocycles. The lowest BCUT2D eigenvalue weighted by molar-refractivity contribution is -0.161. The van der Waals surface area contributed by atoms with E-state index in [4.69, 9.17) is 14.9 Å². The van der Waals surface area contributed by atoms with Crippen molar-refractivity contribution in [3.05, 3.63) is 42.5 Å². The monoisotopic (exact) mass is 218 g/mol. The lowest BCUT2D eigenvalue weighted by Crippen LogP contribution is -2.26. The Bertz CT molecular complexity index is 516. The summed E-state index contributed by atoms with van der Waals surface area (Å²) in [5, 5.41) is 19.4. The van der Waals surface area contributed by atoms with Crippen LogP contribution in [0.1, 0.15) is 0 Å². The SMILES string of the molecule is O=C(O)C(O)Oc1cccc2ccccc12. The van der Waals surface area contributed by atoms with Crippen LogP contribution in [0.4, 0.5) is 0 Å². The van der Waals surface area contributed by atoms with Crippen molar-refractivity contribution >= 4 is 16.7 Å². The van der Waals surface area contributed by atoms with E-state index >= 15 is 0 Å². The Hall–Kier alpha value is -2.07. The highest BCUT2D eigenvalue weighted by Gasteiger charge is 2.15. The summed E-state index contributed by atoms with van der Waals surface area (Å²) in [5.41, 5.74) is 0. The van der Waals surface area contributed by atoms with E-state index in [1.54, 1.807) is 18.2 Å². The maximum Gasteiger partial charge on any atom is 0.373 e. The zero-order valence-corrected chi connectivity index (χ0v) is 8.33. The van der Waals surface area contributed by atoms with Gasteiger partial charge in [-0.05, 0) is 11.5 Å². The van der Waals surface area contributed by atoms with E-state index < -0.39 is 12.3 Å². The second-order valence-corrected chi connectivity index (χ2v) is 3.29. The molecule has 1 unspecified atom stereocenters. The van der Waals surface area contributed by atoms with Gasteiger partial charge >= 0.3 is 5.97 Å². The molecule has 2 aromatic rings. The van der Waals surface area contributed by atoms with Crippen LogP contribution in [0.5, 0.6) is 5.75 Å². The predicted octanol–water partition coefficient (Wildman–Crippen LogP) is 1.62. The van der Waals surface area contributed by atoms with Crippen molar-refractivity contribution in [1.29, 1.82) is 0 Å². The van der Waals surface area contributed by atoms with Gasteiger partial charge in [-0.25, -0.2) is 4.79 Å². The van der Waals surface area contributed by atoms with E-state index in [9.17, 15) is 4.79 Å². The number of aliphatic hydroxyl groups is 1. The molecule has 4 nitrogen and oxygen atoms in total. The number of hydrogen-bond donors (Lipinski definition) is 2. The van der Waals surface area contributed by atoms with Gasteiger partial charge in [-0.15, -0.1) is 0 Å². The second kappa shape index (κ2) is 4.20. The summed E-state index contributed by atoms with van der Waals surface area (Å²) in [6.45, 7) is 0. The van der Waals surface area contributed by atoms with Crippen LogP contribution in [0.15, 0.2) is 42.5 Å². The molecule has 0 radical (unpaired) electrons. The molecule has 0 aliphatic rings. The number of benzene rings is 2. The fourth-order valence-electron chi connectivity index (χ4n) is 1.47. The Morgan fingerprint density at radius 3 is 2.56 bits per heavy atom. The third-order valence-corrected chi connectivity index (χ3v) is 2.20. The molecule has 2 N–H and O–H groups in total. The van der Waals surface area contributed by atoms with Gasteiger partial charge in [0.05, 0.1) is 0 Å². The number of carboxylic acids is 1. The number of hydrogen-bond acceptors (Lipinski definition) is 3. The van der Waals surface area contributed by atoms with E-state index in [-0.39, 0.29) is 0 Å². The van der Waals surface area contributed by atoms with Gasteiger partial charge in [0.25, 0.3) is 6.29 Å². The van der Waals surface area contributed by atoms with Crippen molar-refractivity contribution in [1.82, 2.24) is 0 Å². The lowest BCUT2D eigenvalue weighted by atomic mass is 10.1. The van der Waals surface area contributed by atoms with Gasteiger partial charge < -0.3 is 14.9 Å². The van der Waals surface area contributed by atoms with Crippen molar-refractivity contribution in [3.8, 4) is 5.75 Å². The first-order valence-electron chi connectivity index (χ1n) is 4.74. The Morgan fingerprint density at radius 1 is 1.12 bits per heavy atom. The molecule has 2 aromatic carbocycles. The average Bonchev–Trinajstić information content (AvgIpc) is 2.29. The minimum Gasteiger partial charge on any atom is -0.477 e. The van der Waals surface area contributed by atoms with Crippen LogP contribution in [-0.2, 0) is 4.79 Å². The Morgan fingerprint density at radius 2 is 1.81 bits per heavy atom. The molecule has 16 heavy (non-hydrogen) atoms. The molecule has 0 aliphatic carbocycles. The van der Waals surface area contributed by atoms with Crippen LogP contribution in [0.3, 0.4) is 0 Å². The number of ether oxygens (including phenoxy) is 1.